The van der Waals surface area contributed by atoms with Crippen molar-refractivity contribution in [1.29, 1.82) is 0 Å². The molecule has 1 amide bonds. The normalized spacial score (nSPS) is 10.3. The lowest BCUT2D eigenvalue weighted by atomic mass is 10.2. The molecule has 0 saturated heterocycles. The fourth-order valence-electron chi connectivity index (χ4n) is 1.84. The molecule has 0 saturated carbocycles. The van der Waals surface area contributed by atoms with Gasteiger partial charge in [-0.05, 0) is 5.56 Å². The third-order valence-corrected chi connectivity index (χ3v) is 2.78. The Morgan fingerprint density at radius 2 is 2.11 bits per heavy atom. The molecule has 6 nitrogen and oxygen atoms in total. The van der Waals surface area contributed by atoms with Crippen molar-refractivity contribution in [3.8, 4) is 0 Å². The second kappa shape index (κ2) is 4.89. The van der Waals surface area contributed by atoms with Crippen molar-refractivity contribution in [2.45, 2.75) is 13.5 Å². The largest absolute Gasteiger partial charge is 0.710 e. The van der Waals surface area contributed by atoms with E-state index in [0.29, 0.717) is 17.0 Å². The van der Waals surface area contributed by atoms with Gasteiger partial charge in [-0.25, -0.2) is 15.1 Å². The number of nitrogens with one attached hydrogen (secondary N) is 1. The van der Waals surface area contributed by atoms with Gasteiger partial charge in [-0.15, -0.1) is 0 Å². The predicted molar refractivity (Wildman–Crippen MR) is 65.3 cm³/mol. The number of nitrogen functional groups attached to an aromatic ring is 1. The number of benzene rings is 1. The number of amides is 1. The SMILES string of the molecule is Cc1c(C(=O)NN)[n+]([O-])cn1Cc1ccccc1. The summed E-state index contributed by atoms with van der Waals surface area (Å²) in [5.74, 6) is 4.45. The summed E-state index contributed by atoms with van der Waals surface area (Å²) in [6.07, 6.45) is 1.34. The molecule has 2 aromatic rings. The highest BCUT2D eigenvalue weighted by Crippen LogP contribution is 2.08. The fraction of sp³-hybridized carbons (Fsp3) is 0.167. The molecule has 0 spiro atoms. The van der Waals surface area contributed by atoms with Crippen LogP contribution in [-0.2, 0) is 6.54 Å². The van der Waals surface area contributed by atoms with E-state index in [0.717, 1.165) is 5.56 Å². The number of imidazole rings is 1. The van der Waals surface area contributed by atoms with E-state index in [4.69, 9.17) is 5.84 Å². The summed E-state index contributed by atoms with van der Waals surface area (Å²) in [7, 11) is 0. The van der Waals surface area contributed by atoms with E-state index in [9.17, 15) is 10.0 Å². The van der Waals surface area contributed by atoms with Crippen LogP contribution in [0.15, 0.2) is 36.7 Å². The van der Waals surface area contributed by atoms with Gasteiger partial charge in [0.1, 0.15) is 6.54 Å². The zero-order valence-electron chi connectivity index (χ0n) is 9.96. The Morgan fingerprint density at radius 3 is 2.72 bits per heavy atom. The Morgan fingerprint density at radius 1 is 1.44 bits per heavy atom. The first-order valence-electron chi connectivity index (χ1n) is 5.47. The molecule has 18 heavy (non-hydrogen) atoms. The highest BCUT2D eigenvalue weighted by molar-refractivity contribution is 5.91. The van der Waals surface area contributed by atoms with E-state index in [1.165, 1.54) is 6.33 Å². The van der Waals surface area contributed by atoms with Crippen LogP contribution in [0.2, 0.25) is 0 Å². The minimum atomic E-state index is -0.589. The lowest BCUT2D eigenvalue weighted by Crippen LogP contribution is -2.40. The van der Waals surface area contributed by atoms with E-state index in [1.54, 1.807) is 11.5 Å². The van der Waals surface area contributed by atoms with Gasteiger partial charge in [0.25, 0.3) is 0 Å². The third kappa shape index (κ3) is 2.18. The maximum Gasteiger partial charge on any atom is 0.309 e. The second-order valence-electron chi connectivity index (χ2n) is 3.96. The molecule has 0 atom stereocenters. The fourth-order valence-corrected chi connectivity index (χ4v) is 1.84. The number of hydrogen-bond acceptors (Lipinski definition) is 3. The number of nitrogens with zero attached hydrogens (tertiary/aromatic N) is 2. The van der Waals surface area contributed by atoms with E-state index in [2.05, 4.69) is 0 Å². The molecule has 1 heterocycles. The standard InChI is InChI=1S/C12H14N4O2/c1-9-11(12(17)14-13)16(18)8-15(9)7-10-5-3-2-4-6-10/h2-6,8H,7,13H2,1H3,(H,14,17). The summed E-state index contributed by atoms with van der Waals surface area (Å²) in [6, 6.07) is 9.68. The molecule has 0 aliphatic heterocycles. The van der Waals surface area contributed by atoms with Gasteiger partial charge < -0.3 is 5.21 Å². The van der Waals surface area contributed by atoms with E-state index in [1.807, 2.05) is 35.8 Å². The van der Waals surface area contributed by atoms with Crippen molar-refractivity contribution in [3.05, 3.63) is 58.8 Å². The lowest BCUT2D eigenvalue weighted by Gasteiger charge is -2.00. The lowest BCUT2D eigenvalue weighted by molar-refractivity contribution is -0.607. The molecule has 6 heteroatoms. The Hall–Kier alpha value is -2.34. The molecule has 0 bridgehead atoms. The highest BCUT2D eigenvalue weighted by Gasteiger charge is 2.22. The van der Waals surface area contributed by atoms with Gasteiger partial charge in [0, 0.05) is 6.92 Å². The summed E-state index contributed by atoms with van der Waals surface area (Å²) in [4.78, 5) is 11.5. The van der Waals surface area contributed by atoms with Gasteiger partial charge in [0.2, 0.25) is 12.0 Å². The van der Waals surface area contributed by atoms with Crippen LogP contribution in [0, 0.1) is 12.1 Å². The zero-order chi connectivity index (χ0) is 13.1. The molecular formula is C12H14N4O2. The molecule has 0 aliphatic rings. The Kier molecular flexibility index (Phi) is 3.29. The average molecular weight is 246 g/mol. The van der Waals surface area contributed by atoms with Crippen LogP contribution in [-0.4, -0.2) is 10.5 Å². The maximum atomic E-state index is 11.6. The quantitative estimate of drug-likeness (QED) is 0.264. The molecule has 94 valence electrons. The van der Waals surface area contributed by atoms with E-state index >= 15 is 0 Å². The van der Waals surface area contributed by atoms with Crippen molar-refractivity contribution in [2.75, 3.05) is 0 Å². The van der Waals surface area contributed by atoms with Crippen molar-refractivity contribution in [2.24, 2.45) is 5.84 Å². The predicted octanol–water partition coefficient (Wildman–Crippen LogP) is 0.0817. The summed E-state index contributed by atoms with van der Waals surface area (Å²) >= 11 is 0. The van der Waals surface area contributed by atoms with Gasteiger partial charge in [-0.1, -0.05) is 30.3 Å². The molecule has 1 aromatic carbocycles. The second-order valence-corrected chi connectivity index (χ2v) is 3.96. The van der Waals surface area contributed by atoms with Crippen LogP contribution in [0.3, 0.4) is 0 Å². The van der Waals surface area contributed by atoms with Gasteiger partial charge in [0.15, 0.2) is 5.69 Å². The Labute approximate surface area is 104 Å². The molecule has 0 radical (unpaired) electrons. The van der Waals surface area contributed by atoms with E-state index in [-0.39, 0.29) is 5.69 Å². The van der Waals surface area contributed by atoms with Crippen LogP contribution in [0.4, 0.5) is 0 Å². The molecular weight excluding hydrogens is 232 g/mol. The number of carbonyl (C=O) groups is 1. The first-order chi connectivity index (χ1) is 8.63. The van der Waals surface area contributed by atoms with Crippen LogP contribution in [0.5, 0.6) is 0 Å². The Bertz CT molecular complexity index is 563. The maximum absolute atomic E-state index is 11.6. The zero-order valence-corrected chi connectivity index (χ0v) is 9.96. The van der Waals surface area contributed by atoms with Crippen molar-refractivity contribution >= 4 is 5.91 Å². The van der Waals surface area contributed by atoms with Gasteiger partial charge in [-0.2, -0.15) is 0 Å². The van der Waals surface area contributed by atoms with Crippen molar-refractivity contribution < 1.29 is 9.52 Å². The average Bonchev–Trinajstić information content (AvgIpc) is 2.65. The van der Waals surface area contributed by atoms with Crippen molar-refractivity contribution in [3.63, 3.8) is 0 Å². The van der Waals surface area contributed by atoms with Crippen LogP contribution >= 0.6 is 0 Å². The summed E-state index contributed by atoms with van der Waals surface area (Å²) in [5.41, 5.74) is 3.62. The van der Waals surface area contributed by atoms with Crippen LogP contribution in [0.25, 0.3) is 0 Å². The minimum Gasteiger partial charge on any atom is -0.710 e. The summed E-state index contributed by atoms with van der Waals surface area (Å²) in [6.45, 7) is 2.24. The first kappa shape index (κ1) is 12.1. The third-order valence-electron chi connectivity index (χ3n) is 2.78. The van der Waals surface area contributed by atoms with Crippen LogP contribution in [0.1, 0.15) is 21.7 Å². The highest BCUT2D eigenvalue weighted by atomic mass is 16.5. The van der Waals surface area contributed by atoms with Gasteiger partial charge >= 0.3 is 5.91 Å². The Balaban J connectivity index is 2.33. The molecule has 0 unspecified atom stereocenters. The molecule has 2 rings (SSSR count). The molecule has 3 N–H and O–H groups in total. The first-order valence-corrected chi connectivity index (χ1v) is 5.47. The summed E-state index contributed by atoms with van der Waals surface area (Å²) in [5, 5.41) is 11.6. The number of nitrogens with two attached hydrogens (primary N) is 1. The van der Waals surface area contributed by atoms with Crippen molar-refractivity contribution in [1.82, 2.24) is 9.99 Å². The topological polar surface area (TPSA) is 87.0 Å². The van der Waals surface area contributed by atoms with Gasteiger partial charge in [0.05, 0.1) is 0 Å². The molecule has 0 fully saturated rings. The minimum absolute atomic E-state index is 0.0217. The number of carbonyl (C=O) groups excluding carboxylic acids is 1. The number of hydrazine groups is 1. The number of rotatable bonds is 3. The van der Waals surface area contributed by atoms with Gasteiger partial charge in [-0.3, -0.25) is 10.2 Å². The number of aromatic nitrogens is 2. The monoisotopic (exact) mass is 246 g/mol. The molecule has 1 aromatic heterocycles. The van der Waals surface area contributed by atoms with E-state index < -0.39 is 5.91 Å². The van der Waals surface area contributed by atoms with Crippen LogP contribution < -0.4 is 16.0 Å². The molecule has 0 aliphatic carbocycles. The number of hydrogen-bond donors (Lipinski definition) is 2. The smallest absolute Gasteiger partial charge is 0.309 e. The summed E-state index contributed by atoms with van der Waals surface area (Å²) < 4.78 is 2.24.